The Hall–Kier alpha value is -1.52. The van der Waals surface area contributed by atoms with E-state index in [2.05, 4.69) is 37.2 Å². The molecule has 2 aromatic rings. The summed E-state index contributed by atoms with van der Waals surface area (Å²) in [6.45, 7) is -0.280. The summed E-state index contributed by atoms with van der Waals surface area (Å²) in [4.78, 5) is 11.3. The maximum atomic E-state index is 12.4. The summed E-state index contributed by atoms with van der Waals surface area (Å²) in [5.74, 6) is -3.51. The number of ether oxygens (including phenoxy) is 1. The number of benzene rings is 2. The Balaban J connectivity index is 1.97. The summed E-state index contributed by atoms with van der Waals surface area (Å²) in [5, 5.41) is 2.48. The van der Waals surface area contributed by atoms with Crippen molar-refractivity contribution < 1.29 is 26.7 Å². The number of carbonyl (C=O) groups excluding carboxylic acids is 1. The first-order chi connectivity index (χ1) is 11.7. The van der Waals surface area contributed by atoms with E-state index in [9.17, 15) is 22.0 Å². The molecule has 25 heavy (non-hydrogen) atoms. The Morgan fingerprint density at radius 2 is 1.76 bits per heavy atom. The number of hydrogen-bond acceptors (Lipinski definition) is 4. The van der Waals surface area contributed by atoms with E-state index in [4.69, 9.17) is 4.74 Å². The lowest BCUT2D eigenvalue weighted by atomic mass is 10.3. The zero-order chi connectivity index (χ0) is 18.6. The molecule has 0 aliphatic carbocycles. The molecule has 10 heteroatoms. The van der Waals surface area contributed by atoms with Gasteiger partial charge in [-0.15, -0.1) is 0 Å². The van der Waals surface area contributed by atoms with Gasteiger partial charge in [0.25, 0.3) is 5.91 Å². The van der Waals surface area contributed by atoms with Crippen LogP contribution in [0.1, 0.15) is 0 Å². The summed E-state index contributed by atoms with van der Waals surface area (Å²) in [6, 6.07) is 9.64. The monoisotopic (exact) mass is 497 g/mol. The predicted octanol–water partition coefficient (Wildman–Crippen LogP) is 4.23. The van der Waals surface area contributed by atoms with Gasteiger partial charge in [0.2, 0.25) is 9.84 Å². The molecule has 0 bridgehead atoms. The molecule has 2 rings (SSSR count). The first kappa shape index (κ1) is 19.8. The first-order valence-corrected chi connectivity index (χ1v) is 9.83. The van der Waals surface area contributed by atoms with Gasteiger partial charge in [-0.05, 0) is 58.4 Å². The highest BCUT2D eigenvalue weighted by molar-refractivity contribution is 9.11. The molecule has 5 nitrogen and oxygen atoms in total. The second-order valence-corrected chi connectivity index (χ2v) is 8.43. The van der Waals surface area contributed by atoms with Gasteiger partial charge in [-0.25, -0.2) is 8.42 Å². The molecule has 0 fully saturated rings. The fourth-order valence-corrected chi connectivity index (χ4v) is 3.65. The van der Waals surface area contributed by atoms with Crippen LogP contribution in [0, 0.1) is 0 Å². The molecule has 0 aromatic heterocycles. The highest BCUT2D eigenvalue weighted by Gasteiger charge is 2.26. The standard InChI is InChI=1S/C15H11Br2F2NO4S/c16-9-1-6-13(12(17)7-9)24-8-14(21)20-10-2-4-11(5-3-10)25(22,23)15(18)19/h1-7,15H,8H2,(H,20,21). The van der Waals surface area contributed by atoms with Crippen molar-refractivity contribution in [2.45, 2.75) is 10.7 Å². The van der Waals surface area contributed by atoms with Crippen molar-refractivity contribution in [3.63, 3.8) is 0 Å². The lowest BCUT2D eigenvalue weighted by Crippen LogP contribution is -2.20. The van der Waals surface area contributed by atoms with Crippen molar-refractivity contribution in [3.8, 4) is 5.75 Å². The summed E-state index contributed by atoms with van der Waals surface area (Å²) in [6.07, 6.45) is 0. The molecule has 0 saturated heterocycles. The van der Waals surface area contributed by atoms with Crippen molar-refractivity contribution in [2.75, 3.05) is 11.9 Å². The van der Waals surface area contributed by atoms with E-state index >= 15 is 0 Å². The summed E-state index contributed by atoms with van der Waals surface area (Å²) >= 11 is 6.59. The molecule has 0 atom stereocenters. The minimum atomic E-state index is -4.66. The summed E-state index contributed by atoms with van der Waals surface area (Å²) in [5.41, 5.74) is 0.261. The molecule has 2 aromatic carbocycles. The number of halogens is 4. The van der Waals surface area contributed by atoms with Gasteiger partial charge < -0.3 is 10.1 Å². The van der Waals surface area contributed by atoms with Crippen LogP contribution in [0.25, 0.3) is 0 Å². The zero-order valence-electron chi connectivity index (χ0n) is 12.4. The molecule has 0 heterocycles. The predicted molar refractivity (Wildman–Crippen MR) is 95.6 cm³/mol. The molecular formula is C15H11Br2F2NO4S. The molecule has 0 saturated carbocycles. The third kappa shape index (κ3) is 5.23. The van der Waals surface area contributed by atoms with Crippen LogP contribution in [0.5, 0.6) is 5.75 Å². The average molecular weight is 499 g/mol. The van der Waals surface area contributed by atoms with Gasteiger partial charge in [-0.3, -0.25) is 4.79 Å². The quantitative estimate of drug-likeness (QED) is 0.647. The number of hydrogen-bond donors (Lipinski definition) is 1. The number of nitrogens with one attached hydrogen (secondary N) is 1. The third-order valence-electron chi connectivity index (χ3n) is 2.95. The van der Waals surface area contributed by atoms with Crippen LogP contribution in [0.3, 0.4) is 0 Å². The number of sulfone groups is 1. The van der Waals surface area contributed by atoms with E-state index in [0.29, 0.717) is 10.2 Å². The van der Waals surface area contributed by atoms with Crippen LogP contribution < -0.4 is 10.1 Å². The Morgan fingerprint density at radius 1 is 1.12 bits per heavy atom. The average Bonchev–Trinajstić information content (AvgIpc) is 2.54. The van der Waals surface area contributed by atoms with Crippen molar-refractivity contribution >= 4 is 53.3 Å². The van der Waals surface area contributed by atoms with Gasteiger partial charge in [-0.1, -0.05) is 15.9 Å². The summed E-state index contributed by atoms with van der Waals surface area (Å²) in [7, 11) is -4.66. The lowest BCUT2D eigenvalue weighted by molar-refractivity contribution is -0.118. The van der Waals surface area contributed by atoms with Crippen LogP contribution in [-0.4, -0.2) is 26.7 Å². The minimum absolute atomic E-state index is 0.261. The molecule has 0 unspecified atom stereocenters. The van der Waals surface area contributed by atoms with Gasteiger partial charge in [0.15, 0.2) is 6.61 Å². The second kappa shape index (κ2) is 8.24. The van der Waals surface area contributed by atoms with Gasteiger partial charge >= 0.3 is 5.76 Å². The molecule has 0 spiro atoms. The van der Waals surface area contributed by atoms with E-state index in [1.165, 1.54) is 12.1 Å². The molecule has 1 N–H and O–H groups in total. The normalized spacial score (nSPS) is 11.4. The Morgan fingerprint density at radius 3 is 2.32 bits per heavy atom. The number of alkyl halides is 2. The van der Waals surface area contributed by atoms with Crippen molar-refractivity contribution in [3.05, 3.63) is 51.4 Å². The highest BCUT2D eigenvalue weighted by atomic mass is 79.9. The maximum absolute atomic E-state index is 12.4. The van der Waals surface area contributed by atoms with Gasteiger partial charge in [-0.2, -0.15) is 8.78 Å². The second-order valence-electron chi connectivity index (χ2n) is 4.74. The Labute approximate surface area is 159 Å². The zero-order valence-corrected chi connectivity index (χ0v) is 16.4. The molecular weight excluding hydrogens is 488 g/mol. The van der Waals surface area contributed by atoms with Crippen LogP contribution in [0.2, 0.25) is 0 Å². The smallest absolute Gasteiger partial charge is 0.341 e. The van der Waals surface area contributed by atoms with Crippen LogP contribution in [-0.2, 0) is 14.6 Å². The van der Waals surface area contributed by atoms with Crippen LogP contribution in [0.15, 0.2) is 56.3 Å². The topological polar surface area (TPSA) is 72.5 Å². The molecule has 0 radical (unpaired) electrons. The number of rotatable bonds is 6. The molecule has 0 aliphatic rings. The highest BCUT2D eigenvalue weighted by Crippen LogP contribution is 2.28. The van der Waals surface area contributed by atoms with Crippen LogP contribution >= 0.6 is 31.9 Å². The van der Waals surface area contributed by atoms with Crippen LogP contribution in [0.4, 0.5) is 14.5 Å². The maximum Gasteiger partial charge on any atom is 0.341 e. The largest absolute Gasteiger partial charge is 0.483 e. The van der Waals surface area contributed by atoms with Crippen molar-refractivity contribution in [2.24, 2.45) is 0 Å². The fraction of sp³-hybridized carbons (Fsp3) is 0.133. The van der Waals surface area contributed by atoms with E-state index < -0.39 is 26.4 Å². The fourth-order valence-electron chi connectivity index (χ4n) is 1.76. The van der Waals surface area contributed by atoms with E-state index in [1.54, 1.807) is 18.2 Å². The molecule has 0 aliphatic heterocycles. The Kier molecular flexibility index (Phi) is 6.53. The van der Waals surface area contributed by atoms with Crippen molar-refractivity contribution in [1.29, 1.82) is 0 Å². The van der Waals surface area contributed by atoms with Gasteiger partial charge in [0, 0.05) is 10.2 Å². The van der Waals surface area contributed by atoms with E-state index in [0.717, 1.165) is 16.6 Å². The Bertz CT molecular complexity index is 874. The number of amides is 1. The SMILES string of the molecule is O=C(COc1ccc(Br)cc1Br)Nc1ccc(S(=O)(=O)C(F)F)cc1. The first-order valence-electron chi connectivity index (χ1n) is 6.70. The summed E-state index contributed by atoms with van der Waals surface area (Å²) < 4.78 is 54.4. The van der Waals surface area contributed by atoms with Crippen molar-refractivity contribution in [1.82, 2.24) is 0 Å². The van der Waals surface area contributed by atoms with Gasteiger partial charge in [0.05, 0.1) is 9.37 Å². The minimum Gasteiger partial charge on any atom is -0.483 e. The molecule has 1 amide bonds. The van der Waals surface area contributed by atoms with Gasteiger partial charge in [0.1, 0.15) is 5.75 Å². The van der Waals surface area contributed by atoms with E-state index in [1.807, 2.05) is 0 Å². The molecule has 134 valence electrons. The number of carbonyl (C=O) groups is 1. The van der Waals surface area contributed by atoms with E-state index in [-0.39, 0.29) is 12.3 Å². The lowest BCUT2D eigenvalue weighted by Gasteiger charge is -2.10. The number of anilines is 1. The third-order valence-corrected chi connectivity index (χ3v) is 5.47.